The molecule has 1 aromatic carbocycles. The van der Waals surface area contributed by atoms with Gasteiger partial charge in [0.15, 0.2) is 4.34 Å². The minimum Gasteiger partial charge on any atom is -0.497 e. The van der Waals surface area contributed by atoms with Gasteiger partial charge < -0.3 is 15.4 Å². The molecule has 0 aliphatic heterocycles. The summed E-state index contributed by atoms with van der Waals surface area (Å²) < 4.78 is 5.78. The summed E-state index contributed by atoms with van der Waals surface area (Å²) in [5, 5.41) is 17.2. The quantitative estimate of drug-likeness (QED) is 0.568. The van der Waals surface area contributed by atoms with Crippen molar-refractivity contribution in [2.75, 3.05) is 18.2 Å². The number of imide groups is 1. The number of thioether (sulfide) groups is 1. The van der Waals surface area contributed by atoms with Crippen LogP contribution in [0.25, 0.3) is 0 Å². The van der Waals surface area contributed by atoms with E-state index in [-0.39, 0.29) is 17.7 Å². The van der Waals surface area contributed by atoms with Gasteiger partial charge in [-0.2, -0.15) is 0 Å². The first-order chi connectivity index (χ1) is 14.0. The second-order valence-corrected chi connectivity index (χ2v) is 9.11. The van der Waals surface area contributed by atoms with Crippen LogP contribution in [0.2, 0.25) is 0 Å². The van der Waals surface area contributed by atoms with E-state index in [9.17, 15) is 9.59 Å². The van der Waals surface area contributed by atoms with Gasteiger partial charge in [-0.25, -0.2) is 4.79 Å². The van der Waals surface area contributed by atoms with Crippen molar-refractivity contribution in [2.45, 2.75) is 43.0 Å². The van der Waals surface area contributed by atoms with E-state index < -0.39 is 6.03 Å². The molecule has 3 N–H and O–H groups in total. The van der Waals surface area contributed by atoms with Crippen LogP contribution in [0.1, 0.15) is 32.6 Å². The van der Waals surface area contributed by atoms with Crippen molar-refractivity contribution < 1.29 is 14.3 Å². The largest absolute Gasteiger partial charge is 0.497 e. The van der Waals surface area contributed by atoms with E-state index in [2.05, 4.69) is 33.1 Å². The fraction of sp³-hybridized carbons (Fsp3) is 0.474. The number of benzene rings is 1. The van der Waals surface area contributed by atoms with Crippen molar-refractivity contribution in [1.29, 1.82) is 0 Å². The van der Waals surface area contributed by atoms with E-state index in [4.69, 9.17) is 4.74 Å². The molecule has 0 spiro atoms. The molecule has 3 rings (SSSR count). The van der Waals surface area contributed by atoms with E-state index in [0.717, 1.165) is 30.7 Å². The Balaban J connectivity index is 1.41. The summed E-state index contributed by atoms with van der Waals surface area (Å²) in [6.45, 7) is 2.13. The van der Waals surface area contributed by atoms with Crippen molar-refractivity contribution in [3.8, 4) is 5.75 Å². The fourth-order valence-corrected chi connectivity index (χ4v) is 4.71. The van der Waals surface area contributed by atoms with Gasteiger partial charge in [0.25, 0.3) is 0 Å². The van der Waals surface area contributed by atoms with Crippen molar-refractivity contribution in [1.82, 2.24) is 20.8 Å². The zero-order valence-electron chi connectivity index (χ0n) is 16.4. The smallest absolute Gasteiger partial charge is 0.321 e. The summed E-state index contributed by atoms with van der Waals surface area (Å²) in [5.41, 5.74) is 0.866. The molecule has 1 saturated carbocycles. The predicted molar refractivity (Wildman–Crippen MR) is 115 cm³/mol. The molecule has 2 atom stereocenters. The van der Waals surface area contributed by atoms with Gasteiger partial charge in [-0.1, -0.05) is 42.9 Å². The van der Waals surface area contributed by atoms with Crippen LogP contribution in [0.4, 0.5) is 15.6 Å². The molecule has 1 fully saturated rings. The number of nitrogens with one attached hydrogen (secondary N) is 3. The topological polar surface area (TPSA) is 105 Å². The van der Waals surface area contributed by atoms with Gasteiger partial charge in [-0.3, -0.25) is 10.1 Å². The molecule has 0 radical (unpaired) electrons. The van der Waals surface area contributed by atoms with Gasteiger partial charge in [0, 0.05) is 11.7 Å². The molecule has 0 bridgehead atoms. The maximum Gasteiger partial charge on any atom is 0.321 e. The molecule has 1 aliphatic rings. The van der Waals surface area contributed by atoms with Crippen LogP contribution in [0.3, 0.4) is 0 Å². The molecule has 1 aliphatic carbocycles. The first-order valence-corrected chi connectivity index (χ1v) is 11.3. The number of carbonyl (C=O) groups is 2. The van der Waals surface area contributed by atoms with Crippen LogP contribution in [0.5, 0.6) is 5.75 Å². The molecule has 0 saturated heterocycles. The molecule has 8 nitrogen and oxygen atoms in total. The van der Waals surface area contributed by atoms with Crippen LogP contribution in [0, 0.1) is 5.92 Å². The standard InChI is InChI=1S/C19H25N5O3S2/c1-12-5-3-4-6-15(12)21-17(26)22-16(25)11-28-19-24-23-18(29-19)20-13-7-9-14(27-2)10-8-13/h7-10,12,15H,3-6,11H2,1-2H3,(H,20,23)(H2,21,22,25,26). The van der Waals surface area contributed by atoms with E-state index in [0.29, 0.717) is 15.4 Å². The van der Waals surface area contributed by atoms with E-state index in [1.54, 1.807) is 7.11 Å². The molecular formula is C19H25N5O3S2. The van der Waals surface area contributed by atoms with Gasteiger partial charge in [0.2, 0.25) is 11.0 Å². The van der Waals surface area contributed by atoms with Crippen molar-refractivity contribution in [3.05, 3.63) is 24.3 Å². The highest BCUT2D eigenvalue weighted by Gasteiger charge is 2.23. The third-order valence-corrected chi connectivity index (χ3v) is 6.73. The molecule has 2 aromatic rings. The lowest BCUT2D eigenvalue weighted by Gasteiger charge is -2.29. The lowest BCUT2D eigenvalue weighted by Crippen LogP contribution is -2.48. The first kappa shape index (κ1) is 21.4. The number of rotatable bonds is 7. The van der Waals surface area contributed by atoms with Crippen LogP contribution in [-0.4, -0.2) is 41.0 Å². The predicted octanol–water partition coefficient (Wildman–Crippen LogP) is 3.79. The lowest BCUT2D eigenvalue weighted by atomic mass is 9.86. The minimum absolute atomic E-state index is 0.102. The van der Waals surface area contributed by atoms with Crippen LogP contribution in [-0.2, 0) is 4.79 Å². The van der Waals surface area contributed by atoms with E-state index in [1.165, 1.54) is 29.5 Å². The number of ether oxygens (including phenoxy) is 1. The number of carbonyl (C=O) groups excluding carboxylic acids is 2. The summed E-state index contributed by atoms with van der Waals surface area (Å²) >= 11 is 2.59. The number of methoxy groups -OCH3 is 1. The number of anilines is 2. The number of nitrogens with zero attached hydrogens (tertiary/aromatic N) is 2. The zero-order chi connectivity index (χ0) is 20.6. The average molecular weight is 436 g/mol. The molecule has 1 aromatic heterocycles. The molecule has 2 unspecified atom stereocenters. The lowest BCUT2D eigenvalue weighted by molar-refractivity contribution is -0.117. The minimum atomic E-state index is -0.423. The molecular weight excluding hydrogens is 410 g/mol. The Hall–Kier alpha value is -2.33. The monoisotopic (exact) mass is 435 g/mol. The second kappa shape index (κ2) is 10.4. The van der Waals surface area contributed by atoms with Crippen LogP contribution >= 0.6 is 23.1 Å². The molecule has 10 heteroatoms. The van der Waals surface area contributed by atoms with Gasteiger partial charge in [-0.05, 0) is 43.0 Å². The van der Waals surface area contributed by atoms with Gasteiger partial charge in [0.05, 0.1) is 12.9 Å². The van der Waals surface area contributed by atoms with E-state index >= 15 is 0 Å². The van der Waals surface area contributed by atoms with Crippen molar-refractivity contribution in [3.63, 3.8) is 0 Å². The zero-order valence-corrected chi connectivity index (χ0v) is 18.1. The average Bonchev–Trinajstić information content (AvgIpc) is 3.16. The highest BCUT2D eigenvalue weighted by atomic mass is 32.2. The highest BCUT2D eigenvalue weighted by Crippen LogP contribution is 2.28. The number of amides is 3. The normalized spacial score (nSPS) is 18.7. The van der Waals surface area contributed by atoms with Crippen molar-refractivity contribution >= 4 is 45.9 Å². The van der Waals surface area contributed by atoms with Gasteiger partial charge >= 0.3 is 6.03 Å². The van der Waals surface area contributed by atoms with Crippen molar-refractivity contribution in [2.24, 2.45) is 5.92 Å². The highest BCUT2D eigenvalue weighted by molar-refractivity contribution is 8.01. The second-order valence-electron chi connectivity index (χ2n) is 6.91. The van der Waals surface area contributed by atoms with Gasteiger partial charge in [-0.15, -0.1) is 10.2 Å². The van der Waals surface area contributed by atoms with Crippen LogP contribution in [0.15, 0.2) is 28.6 Å². The van der Waals surface area contributed by atoms with Gasteiger partial charge in [0.1, 0.15) is 5.75 Å². The Labute approximate surface area is 178 Å². The summed E-state index contributed by atoms with van der Waals surface area (Å²) in [4.78, 5) is 24.1. The number of hydrogen-bond acceptors (Lipinski definition) is 8. The SMILES string of the molecule is COc1ccc(Nc2nnc(SCC(=O)NC(=O)NC3CCCCC3C)s2)cc1. The Kier molecular flexibility index (Phi) is 7.70. The summed E-state index contributed by atoms with van der Waals surface area (Å²) in [7, 11) is 1.62. The number of urea groups is 1. The summed E-state index contributed by atoms with van der Waals surface area (Å²) in [5.74, 6) is 0.968. The molecule has 29 heavy (non-hydrogen) atoms. The maximum atomic E-state index is 12.0. The number of hydrogen-bond donors (Lipinski definition) is 3. The Bertz CT molecular complexity index is 828. The summed E-state index contributed by atoms with van der Waals surface area (Å²) in [6.07, 6.45) is 4.39. The Morgan fingerprint density at radius 1 is 1.21 bits per heavy atom. The Morgan fingerprint density at radius 3 is 2.69 bits per heavy atom. The number of aromatic nitrogens is 2. The molecule has 1 heterocycles. The maximum absolute atomic E-state index is 12.0. The molecule has 3 amide bonds. The molecule has 156 valence electrons. The fourth-order valence-electron chi connectivity index (χ4n) is 3.14. The van der Waals surface area contributed by atoms with E-state index in [1.807, 2.05) is 24.3 Å². The third kappa shape index (κ3) is 6.60. The third-order valence-electron chi connectivity index (χ3n) is 4.76. The first-order valence-electron chi connectivity index (χ1n) is 9.51. The summed E-state index contributed by atoms with van der Waals surface area (Å²) in [6, 6.07) is 7.18. The Morgan fingerprint density at radius 2 is 1.97 bits per heavy atom. The van der Waals surface area contributed by atoms with Crippen LogP contribution < -0.4 is 20.7 Å².